The summed E-state index contributed by atoms with van der Waals surface area (Å²) in [6, 6.07) is 3.60. The Hall–Kier alpha value is -2.45. The molecule has 4 heterocycles. The largest absolute Gasteiger partial charge is 0.449 e. The molecule has 8 heteroatoms. The molecule has 8 nitrogen and oxygen atoms in total. The average molecular weight is 440 g/mol. The molecule has 3 fully saturated rings. The maximum atomic E-state index is 12.7. The number of rotatable bonds is 6. The third kappa shape index (κ3) is 4.52. The maximum Gasteiger partial charge on any atom is 0.287 e. The molecular formula is C24H33N5O3. The van der Waals surface area contributed by atoms with Crippen LogP contribution in [-0.4, -0.2) is 90.9 Å². The summed E-state index contributed by atoms with van der Waals surface area (Å²) in [7, 11) is 2.15. The fourth-order valence-corrected chi connectivity index (χ4v) is 5.32. The van der Waals surface area contributed by atoms with Gasteiger partial charge in [-0.3, -0.25) is 14.6 Å². The highest BCUT2D eigenvalue weighted by molar-refractivity contribution is 5.95. The Morgan fingerprint density at radius 1 is 1.19 bits per heavy atom. The molecule has 1 saturated carbocycles. The zero-order valence-electron chi connectivity index (χ0n) is 18.9. The first-order chi connectivity index (χ1) is 15.5. The number of furan rings is 1. The first-order valence-electron chi connectivity index (χ1n) is 11.8. The fraction of sp³-hybridized carbons (Fsp3) is 0.625. The highest BCUT2D eigenvalue weighted by Gasteiger charge is 2.54. The molecule has 2 aromatic rings. The van der Waals surface area contributed by atoms with Crippen molar-refractivity contribution in [3.63, 3.8) is 0 Å². The molecule has 0 radical (unpaired) electrons. The highest BCUT2D eigenvalue weighted by Crippen LogP contribution is 2.59. The van der Waals surface area contributed by atoms with Crippen LogP contribution in [0.25, 0.3) is 11.0 Å². The summed E-state index contributed by atoms with van der Waals surface area (Å²) in [4.78, 5) is 36.0. The van der Waals surface area contributed by atoms with Gasteiger partial charge in [-0.1, -0.05) is 0 Å². The van der Waals surface area contributed by atoms with Crippen LogP contribution >= 0.6 is 0 Å². The van der Waals surface area contributed by atoms with E-state index in [0.717, 1.165) is 70.5 Å². The van der Waals surface area contributed by atoms with E-state index in [2.05, 4.69) is 32.0 Å². The summed E-state index contributed by atoms with van der Waals surface area (Å²) >= 11 is 0. The second kappa shape index (κ2) is 8.83. The first kappa shape index (κ1) is 21.4. The number of piperidine rings is 1. The minimum atomic E-state index is -0.167. The lowest BCUT2D eigenvalue weighted by molar-refractivity contribution is -0.133. The predicted octanol–water partition coefficient (Wildman–Crippen LogP) is 1.82. The van der Waals surface area contributed by atoms with E-state index in [0.29, 0.717) is 41.5 Å². The second-order valence-corrected chi connectivity index (χ2v) is 9.77. The molecule has 32 heavy (non-hydrogen) atoms. The van der Waals surface area contributed by atoms with Crippen LogP contribution in [0.5, 0.6) is 0 Å². The van der Waals surface area contributed by atoms with Crippen molar-refractivity contribution in [3.05, 3.63) is 30.3 Å². The number of fused-ring (bicyclic) bond motifs is 1. The van der Waals surface area contributed by atoms with Crippen molar-refractivity contribution < 1.29 is 14.0 Å². The summed E-state index contributed by atoms with van der Waals surface area (Å²) < 4.78 is 5.61. The standard InChI is InChI=1S/C24H33N5O3/c1-27-10-12-28(13-11-27)7-3-22(30)29-8-4-24(5-9-29)15-19(24)16-26-23(31)20-14-18-2-6-25-17-21(18)32-20/h2,6,14,17,19H,3-5,7-13,15-16H2,1H3,(H,26,31). The predicted molar refractivity (Wildman–Crippen MR) is 121 cm³/mol. The molecule has 0 bridgehead atoms. The van der Waals surface area contributed by atoms with Crippen LogP contribution in [-0.2, 0) is 4.79 Å². The van der Waals surface area contributed by atoms with Gasteiger partial charge in [0.1, 0.15) is 0 Å². The highest BCUT2D eigenvalue weighted by atomic mass is 16.3. The van der Waals surface area contributed by atoms with E-state index >= 15 is 0 Å². The monoisotopic (exact) mass is 439 g/mol. The van der Waals surface area contributed by atoms with E-state index in [4.69, 9.17) is 4.42 Å². The van der Waals surface area contributed by atoms with Gasteiger partial charge in [0.15, 0.2) is 11.3 Å². The van der Waals surface area contributed by atoms with E-state index in [-0.39, 0.29) is 5.91 Å². The topological polar surface area (TPSA) is 81.9 Å². The number of piperazine rings is 1. The van der Waals surface area contributed by atoms with Crippen LogP contribution in [0.4, 0.5) is 0 Å². The Bertz CT molecular complexity index is 940. The minimum absolute atomic E-state index is 0.167. The molecule has 1 N–H and O–H groups in total. The normalized spacial score (nSPS) is 23.5. The lowest BCUT2D eigenvalue weighted by Gasteiger charge is -2.35. The Labute approximate surface area is 188 Å². The van der Waals surface area contributed by atoms with Crippen LogP contribution in [0.1, 0.15) is 36.2 Å². The molecule has 0 aromatic carbocycles. The molecule has 2 saturated heterocycles. The molecule has 1 spiro atoms. The summed E-state index contributed by atoms with van der Waals surface area (Å²) in [6.45, 7) is 7.55. The Kier molecular flexibility index (Phi) is 5.90. The molecule has 1 unspecified atom stereocenters. The molecular weight excluding hydrogens is 406 g/mol. The second-order valence-electron chi connectivity index (χ2n) is 9.77. The Morgan fingerprint density at radius 2 is 1.97 bits per heavy atom. The number of nitrogens with zero attached hydrogens (tertiary/aromatic N) is 4. The number of hydrogen-bond acceptors (Lipinski definition) is 6. The summed E-state index contributed by atoms with van der Waals surface area (Å²) in [5.41, 5.74) is 0.935. The smallest absolute Gasteiger partial charge is 0.287 e. The molecule has 1 atom stereocenters. The molecule has 172 valence electrons. The first-order valence-corrected chi connectivity index (χ1v) is 11.8. The quantitative estimate of drug-likeness (QED) is 0.740. The van der Waals surface area contributed by atoms with Gasteiger partial charge in [-0.25, -0.2) is 0 Å². The molecule has 5 rings (SSSR count). The number of pyridine rings is 1. The van der Waals surface area contributed by atoms with Gasteiger partial charge in [-0.15, -0.1) is 0 Å². The zero-order valence-corrected chi connectivity index (χ0v) is 18.9. The lowest BCUT2D eigenvalue weighted by Crippen LogP contribution is -2.46. The van der Waals surface area contributed by atoms with Crippen molar-refractivity contribution >= 4 is 22.8 Å². The number of carbonyl (C=O) groups excluding carboxylic acids is 2. The van der Waals surface area contributed by atoms with Crippen LogP contribution in [0.2, 0.25) is 0 Å². The van der Waals surface area contributed by atoms with Crippen LogP contribution in [0.3, 0.4) is 0 Å². The third-order valence-corrected chi connectivity index (χ3v) is 7.76. The van der Waals surface area contributed by atoms with E-state index in [1.165, 1.54) is 0 Å². The van der Waals surface area contributed by atoms with Crippen molar-refractivity contribution in [2.45, 2.75) is 25.7 Å². The number of amides is 2. The van der Waals surface area contributed by atoms with Gasteiger partial charge in [-0.2, -0.15) is 0 Å². The summed E-state index contributed by atoms with van der Waals surface area (Å²) in [5.74, 6) is 0.965. The van der Waals surface area contributed by atoms with Crippen LogP contribution in [0, 0.1) is 11.3 Å². The van der Waals surface area contributed by atoms with Crippen molar-refractivity contribution in [1.82, 2.24) is 25.0 Å². The molecule has 2 aliphatic heterocycles. The third-order valence-electron chi connectivity index (χ3n) is 7.76. The van der Waals surface area contributed by atoms with Crippen molar-refractivity contribution in [1.29, 1.82) is 0 Å². The fourth-order valence-electron chi connectivity index (χ4n) is 5.32. The van der Waals surface area contributed by atoms with Crippen molar-refractivity contribution in [3.8, 4) is 0 Å². The zero-order chi connectivity index (χ0) is 22.1. The number of hydrogen-bond donors (Lipinski definition) is 1. The van der Waals surface area contributed by atoms with E-state index in [9.17, 15) is 9.59 Å². The van der Waals surface area contributed by atoms with Crippen LogP contribution < -0.4 is 5.32 Å². The number of nitrogens with one attached hydrogen (secondary N) is 1. The summed E-state index contributed by atoms with van der Waals surface area (Å²) in [6.07, 6.45) is 7.18. The van der Waals surface area contributed by atoms with Gasteiger partial charge in [-0.05, 0) is 49.8 Å². The van der Waals surface area contributed by atoms with Gasteiger partial charge in [0, 0.05) is 70.4 Å². The van der Waals surface area contributed by atoms with Gasteiger partial charge in [0.25, 0.3) is 5.91 Å². The Morgan fingerprint density at radius 3 is 2.72 bits per heavy atom. The number of carbonyl (C=O) groups is 2. The minimum Gasteiger partial charge on any atom is -0.449 e. The number of likely N-dealkylation sites (N-methyl/N-ethyl adjacent to an activating group) is 1. The molecule has 2 aromatic heterocycles. The van der Waals surface area contributed by atoms with Crippen molar-refractivity contribution in [2.75, 3.05) is 59.4 Å². The van der Waals surface area contributed by atoms with E-state index in [1.807, 2.05) is 6.07 Å². The molecule has 3 aliphatic rings. The number of likely N-dealkylation sites (tertiary alicyclic amines) is 1. The number of aromatic nitrogens is 1. The maximum absolute atomic E-state index is 12.7. The van der Waals surface area contributed by atoms with Crippen LogP contribution in [0.15, 0.2) is 28.9 Å². The lowest BCUT2D eigenvalue weighted by atomic mass is 9.90. The van der Waals surface area contributed by atoms with Gasteiger partial charge >= 0.3 is 0 Å². The molecule has 2 amide bonds. The van der Waals surface area contributed by atoms with E-state index in [1.54, 1.807) is 18.5 Å². The van der Waals surface area contributed by atoms with Gasteiger partial charge in [0.2, 0.25) is 5.91 Å². The summed E-state index contributed by atoms with van der Waals surface area (Å²) in [5, 5.41) is 3.93. The Balaban J connectivity index is 1.04. The average Bonchev–Trinajstić information content (AvgIpc) is 3.28. The van der Waals surface area contributed by atoms with Gasteiger partial charge < -0.3 is 24.4 Å². The van der Waals surface area contributed by atoms with E-state index < -0.39 is 0 Å². The van der Waals surface area contributed by atoms with Gasteiger partial charge in [0.05, 0.1) is 6.20 Å². The molecule has 1 aliphatic carbocycles. The van der Waals surface area contributed by atoms with Crippen molar-refractivity contribution in [2.24, 2.45) is 11.3 Å². The SMILES string of the molecule is CN1CCN(CCC(=O)N2CCC3(CC2)CC3CNC(=O)c2cc3ccncc3o2)CC1.